The van der Waals surface area contributed by atoms with Gasteiger partial charge in [-0.1, -0.05) is 48.5 Å². The highest BCUT2D eigenvalue weighted by Crippen LogP contribution is 2.42. The summed E-state index contributed by atoms with van der Waals surface area (Å²) in [6.45, 7) is 0. The fraction of sp³-hybridized carbons (Fsp3) is 0.167. The van der Waals surface area contributed by atoms with Gasteiger partial charge in [0.25, 0.3) is 0 Å². The first kappa shape index (κ1) is 16.8. The van der Waals surface area contributed by atoms with E-state index in [4.69, 9.17) is 9.15 Å². The van der Waals surface area contributed by atoms with Gasteiger partial charge in [0.15, 0.2) is 5.78 Å². The number of hydrogen-bond acceptors (Lipinski definition) is 4. The number of benzene rings is 2. The van der Waals surface area contributed by atoms with Crippen molar-refractivity contribution >= 4 is 22.5 Å². The molecule has 0 N–H and O–H groups in total. The van der Waals surface area contributed by atoms with Crippen LogP contribution in [0.3, 0.4) is 0 Å². The second-order valence-electron chi connectivity index (χ2n) is 7.12. The van der Waals surface area contributed by atoms with E-state index in [0.29, 0.717) is 41.1 Å². The highest BCUT2D eigenvalue weighted by Gasteiger charge is 2.34. The molecule has 1 aliphatic heterocycles. The number of fused-ring (bicyclic) bond motifs is 1. The van der Waals surface area contributed by atoms with Crippen molar-refractivity contribution in [3.05, 3.63) is 99.6 Å². The summed E-state index contributed by atoms with van der Waals surface area (Å²) in [7, 11) is 0. The molecule has 1 unspecified atom stereocenters. The number of para-hydroxylation sites is 1. The maximum absolute atomic E-state index is 12.6. The van der Waals surface area contributed by atoms with Gasteiger partial charge in [0, 0.05) is 29.7 Å². The number of ether oxygens (including phenoxy) is 1. The topological polar surface area (TPSA) is 56.5 Å². The van der Waals surface area contributed by atoms with Gasteiger partial charge < -0.3 is 9.15 Å². The highest BCUT2D eigenvalue weighted by molar-refractivity contribution is 5.99. The molecule has 2 aliphatic rings. The fourth-order valence-electron chi connectivity index (χ4n) is 3.99. The third-order valence-corrected chi connectivity index (χ3v) is 5.34. The summed E-state index contributed by atoms with van der Waals surface area (Å²) < 4.78 is 11.6. The van der Waals surface area contributed by atoms with Crippen LogP contribution in [0.2, 0.25) is 0 Å². The summed E-state index contributed by atoms with van der Waals surface area (Å²) in [5, 5.41) is 0.831. The molecule has 2 heterocycles. The van der Waals surface area contributed by atoms with Crippen LogP contribution in [0.5, 0.6) is 0 Å². The van der Waals surface area contributed by atoms with E-state index in [9.17, 15) is 9.59 Å². The van der Waals surface area contributed by atoms with Gasteiger partial charge in [0.1, 0.15) is 22.7 Å². The predicted molar refractivity (Wildman–Crippen MR) is 107 cm³/mol. The molecular weight excluding hydrogens is 352 g/mol. The lowest BCUT2D eigenvalue weighted by Gasteiger charge is -2.30. The van der Waals surface area contributed by atoms with Crippen molar-refractivity contribution in [2.45, 2.75) is 25.2 Å². The number of rotatable bonds is 2. The monoisotopic (exact) mass is 370 g/mol. The zero-order valence-corrected chi connectivity index (χ0v) is 15.2. The van der Waals surface area contributed by atoms with E-state index in [-0.39, 0.29) is 11.7 Å². The van der Waals surface area contributed by atoms with Crippen LogP contribution < -0.4 is 5.63 Å². The Morgan fingerprint density at radius 1 is 0.893 bits per heavy atom. The normalized spacial score (nSPS) is 19.2. The van der Waals surface area contributed by atoms with Crippen molar-refractivity contribution in [1.82, 2.24) is 0 Å². The maximum atomic E-state index is 12.6. The molecule has 3 aromatic rings. The minimum atomic E-state index is -0.442. The number of carbonyl (C=O) groups excluding carboxylic acids is 1. The lowest BCUT2D eigenvalue weighted by molar-refractivity contribution is -0.116. The first-order valence-corrected chi connectivity index (χ1v) is 9.45. The van der Waals surface area contributed by atoms with Crippen molar-refractivity contribution < 1.29 is 13.9 Å². The van der Waals surface area contributed by atoms with Gasteiger partial charge in [0.05, 0.1) is 0 Å². The first-order chi connectivity index (χ1) is 13.7. The third kappa shape index (κ3) is 2.78. The van der Waals surface area contributed by atoms with Crippen LogP contribution in [0.4, 0.5) is 0 Å². The fourth-order valence-corrected chi connectivity index (χ4v) is 3.99. The number of ketones is 1. The standard InChI is InChI=1S/C24H18O4/c25-19-10-6-12-21-23(19)17(15-7-2-1-3-8-15)14-22(27-21)18-13-16-9-4-5-11-20(16)28-24(18)26/h1-5,7-9,11,13-14,17H,6,10,12H2. The van der Waals surface area contributed by atoms with E-state index >= 15 is 0 Å². The number of hydrogen-bond donors (Lipinski definition) is 0. The lowest BCUT2D eigenvalue weighted by Crippen LogP contribution is -2.23. The van der Waals surface area contributed by atoms with Crippen molar-refractivity contribution in [3.8, 4) is 0 Å². The summed E-state index contributed by atoms with van der Waals surface area (Å²) in [6, 6.07) is 19.0. The number of Topliss-reactive ketones (excluding diaryl/α,β-unsaturated/α-hetero) is 1. The Bertz CT molecular complexity index is 1200. The molecule has 1 aromatic heterocycles. The van der Waals surface area contributed by atoms with Crippen LogP contribution >= 0.6 is 0 Å². The minimum absolute atomic E-state index is 0.121. The summed E-state index contributed by atoms with van der Waals surface area (Å²) in [4.78, 5) is 25.3. The summed E-state index contributed by atoms with van der Waals surface area (Å²) in [5.41, 5.74) is 2.20. The highest BCUT2D eigenvalue weighted by atomic mass is 16.5. The zero-order valence-electron chi connectivity index (χ0n) is 15.2. The summed E-state index contributed by atoms with van der Waals surface area (Å²) >= 11 is 0. The Labute approximate surface area is 161 Å². The molecule has 0 bridgehead atoms. The van der Waals surface area contributed by atoms with Gasteiger partial charge in [0.2, 0.25) is 0 Å². The average Bonchev–Trinajstić information content (AvgIpc) is 2.73. The molecule has 28 heavy (non-hydrogen) atoms. The zero-order chi connectivity index (χ0) is 19.1. The molecule has 4 nitrogen and oxygen atoms in total. The van der Waals surface area contributed by atoms with Gasteiger partial charge >= 0.3 is 5.63 Å². The molecule has 138 valence electrons. The van der Waals surface area contributed by atoms with E-state index in [1.165, 1.54) is 0 Å². The predicted octanol–water partition coefficient (Wildman–Crippen LogP) is 4.96. The van der Waals surface area contributed by atoms with Crippen molar-refractivity contribution in [3.63, 3.8) is 0 Å². The third-order valence-electron chi connectivity index (χ3n) is 5.34. The van der Waals surface area contributed by atoms with Gasteiger partial charge in [-0.2, -0.15) is 0 Å². The first-order valence-electron chi connectivity index (χ1n) is 9.45. The molecule has 0 radical (unpaired) electrons. The van der Waals surface area contributed by atoms with Crippen molar-refractivity contribution in [2.75, 3.05) is 0 Å². The van der Waals surface area contributed by atoms with E-state index in [1.54, 1.807) is 12.1 Å². The van der Waals surface area contributed by atoms with Crippen molar-refractivity contribution in [1.29, 1.82) is 0 Å². The van der Waals surface area contributed by atoms with Crippen LogP contribution in [0.15, 0.2) is 87.3 Å². The van der Waals surface area contributed by atoms with Crippen molar-refractivity contribution in [2.24, 2.45) is 0 Å². The average molecular weight is 370 g/mol. The van der Waals surface area contributed by atoms with E-state index in [2.05, 4.69) is 0 Å². The van der Waals surface area contributed by atoms with E-state index in [0.717, 1.165) is 17.4 Å². The van der Waals surface area contributed by atoms with E-state index < -0.39 is 5.63 Å². The quantitative estimate of drug-likeness (QED) is 0.599. The number of allylic oxidation sites excluding steroid dienone is 3. The molecule has 4 heteroatoms. The van der Waals surface area contributed by atoms with E-state index in [1.807, 2.05) is 54.6 Å². The second kappa shape index (κ2) is 6.64. The second-order valence-corrected chi connectivity index (χ2v) is 7.12. The Kier molecular flexibility index (Phi) is 3.97. The molecule has 0 saturated heterocycles. The van der Waals surface area contributed by atoms with Gasteiger partial charge in [-0.15, -0.1) is 0 Å². The molecule has 0 fully saturated rings. The number of carbonyl (C=O) groups is 1. The molecule has 0 spiro atoms. The van der Waals surface area contributed by atoms with Crippen LogP contribution in [0, 0.1) is 0 Å². The van der Waals surface area contributed by atoms with Gasteiger partial charge in [-0.25, -0.2) is 4.79 Å². The lowest BCUT2D eigenvalue weighted by atomic mass is 9.81. The summed E-state index contributed by atoms with van der Waals surface area (Å²) in [6.07, 6.45) is 3.87. The Balaban J connectivity index is 1.68. The van der Waals surface area contributed by atoms with Gasteiger partial charge in [-0.05, 0) is 30.2 Å². The maximum Gasteiger partial charge on any atom is 0.347 e. The summed E-state index contributed by atoms with van der Waals surface area (Å²) in [5.74, 6) is 1.03. The van der Waals surface area contributed by atoms with Crippen LogP contribution in [0.25, 0.3) is 16.7 Å². The Morgan fingerprint density at radius 3 is 2.54 bits per heavy atom. The molecular formula is C24H18O4. The van der Waals surface area contributed by atoms with Crippen LogP contribution in [-0.4, -0.2) is 5.78 Å². The Hall–Kier alpha value is -3.40. The Morgan fingerprint density at radius 2 is 1.68 bits per heavy atom. The van der Waals surface area contributed by atoms with Crippen LogP contribution in [-0.2, 0) is 9.53 Å². The largest absolute Gasteiger partial charge is 0.461 e. The minimum Gasteiger partial charge on any atom is -0.461 e. The molecule has 0 amide bonds. The van der Waals surface area contributed by atoms with Gasteiger partial charge in [-0.3, -0.25) is 4.79 Å². The smallest absolute Gasteiger partial charge is 0.347 e. The van der Waals surface area contributed by atoms with Crippen LogP contribution in [0.1, 0.15) is 36.3 Å². The SMILES string of the molecule is O=C1CCCC2=C1C(c1ccccc1)C=C(c1cc3ccccc3oc1=O)O2. The molecule has 1 atom stereocenters. The molecule has 1 aliphatic carbocycles. The molecule has 5 rings (SSSR count). The molecule has 0 saturated carbocycles. The molecule has 2 aromatic carbocycles.